The van der Waals surface area contributed by atoms with E-state index in [0.29, 0.717) is 55.0 Å². The van der Waals surface area contributed by atoms with E-state index >= 15 is 4.79 Å². The Morgan fingerprint density at radius 1 is 0.506 bits per heavy atom. The van der Waals surface area contributed by atoms with Crippen LogP contribution in [0.5, 0.6) is 23.0 Å². The molecule has 0 aliphatic carbocycles. The third-order valence-electron chi connectivity index (χ3n) is 16.3. The fourth-order valence-electron chi connectivity index (χ4n) is 10.00. The summed E-state index contributed by atoms with van der Waals surface area (Å²) < 4.78 is 51.0. The molecule has 454 valence electrons. The van der Waals surface area contributed by atoms with Crippen molar-refractivity contribution in [3.8, 4) is 23.0 Å². The summed E-state index contributed by atoms with van der Waals surface area (Å²) in [7, 11) is -0.861. The van der Waals surface area contributed by atoms with Gasteiger partial charge in [-0.25, -0.2) is 4.79 Å². The van der Waals surface area contributed by atoms with E-state index in [1.54, 1.807) is 36.4 Å². The molecule has 1 aliphatic heterocycles. The standard InChI is InChI=1S/C67H116O11Si/c1-11-15-19-23-27-31-35-39-47-72-56-45-43-54(51-58(56)74-49-41-37-33-29-25-21-17-13-3)62(68)61-64(63(69)60(77-66(61)71-8)53-76-79(9,10)67(5,6)7)78-65(70)55-44-46-57(73-48-40-36-32-28-24-20-16-12-2)59(52-55)75-50-42-38-34-30-26-22-18-14-4/h43-46,51-52,60-61,63-64,66,69H,11-42,47-50,53H2,1-10H3/t60-,61-,63-,64-,66+/m1/s1. The topological polar surface area (TPSA) is 128 Å². The Bertz CT molecular complexity index is 1880. The molecule has 0 saturated carbocycles. The molecule has 0 bridgehead atoms. The van der Waals surface area contributed by atoms with Gasteiger partial charge in [-0.1, -0.05) is 228 Å². The van der Waals surface area contributed by atoms with Crippen LogP contribution < -0.4 is 18.9 Å². The van der Waals surface area contributed by atoms with Gasteiger partial charge in [-0.15, -0.1) is 0 Å². The minimum Gasteiger partial charge on any atom is -0.490 e. The van der Waals surface area contributed by atoms with Crippen LogP contribution in [-0.2, 0) is 18.6 Å². The Balaban J connectivity index is 1.93. The monoisotopic (exact) mass is 1120 g/mol. The van der Waals surface area contributed by atoms with Crippen molar-refractivity contribution < 1.29 is 52.3 Å². The van der Waals surface area contributed by atoms with Gasteiger partial charge in [0.1, 0.15) is 24.2 Å². The second kappa shape index (κ2) is 41.8. The minimum absolute atomic E-state index is 0.0235. The highest BCUT2D eigenvalue weighted by Gasteiger charge is 2.52. The Morgan fingerprint density at radius 2 is 0.848 bits per heavy atom. The van der Waals surface area contributed by atoms with Gasteiger partial charge in [-0.3, -0.25) is 4.79 Å². The lowest BCUT2D eigenvalue weighted by Gasteiger charge is -2.44. The molecule has 79 heavy (non-hydrogen) atoms. The van der Waals surface area contributed by atoms with Crippen molar-refractivity contribution in [3.05, 3.63) is 47.5 Å². The molecule has 0 amide bonds. The number of carbonyl (C=O) groups is 2. The molecule has 2 aromatic carbocycles. The molecule has 3 rings (SSSR count). The van der Waals surface area contributed by atoms with E-state index in [4.69, 9.17) is 37.6 Å². The van der Waals surface area contributed by atoms with Gasteiger partial charge in [0.15, 0.2) is 43.4 Å². The van der Waals surface area contributed by atoms with Gasteiger partial charge in [0.2, 0.25) is 0 Å². The van der Waals surface area contributed by atoms with Crippen molar-refractivity contribution >= 4 is 20.1 Å². The molecule has 0 radical (unpaired) electrons. The molecule has 1 heterocycles. The van der Waals surface area contributed by atoms with Gasteiger partial charge >= 0.3 is 5.97 Å². The van der Waals surface area contributed by atoms with E-state index in [0.717, 1.165) is 64.2 Å². The van der Waals surface area contributed by atoms with E-state index in [2.05, 4.69) is 61.6 Å². The summed E-state index contributed by atoms with van der Waals surface area (Å²) in [5.41, 5.74) is 0.521. The zero-order valence-corrected chi connectivity index (χ0v) is 53.0. The van der Waals surface area contributed by atoms with Crippen LogP contribution in [0, 0.1) is 5.92 Å². The van der Waals surface area contributed by atoms with Crippen molar-refractivity contribution in [1.82, 2.24) is 0 Å². The van der Waals surface area contributed by atoms with Gasteiger partial charge in [0.25, 0.3) is 0 Å². The summed E-state index contributed by atoms with van der Waals surface area (Å²) in [6, 6.07) is 10.4. The molecule has 12 heteroatoms. The Kier molecular flexibility index (Phi) is 37.1. The second-order valence-corrected chi connectivity index (χ2v) is 29.0. The third kappa shape index (κ3) is 27.6. The Labute approximate surface area is 483 Å². The summed E-state index contributed by atoms with van der Waals surface area (Å²) in [4.78, 5) is 29.8. The molecule has 2 aromatic rings. The largest absolute Gasteiger partial charge is 0.490 e. The molecule has 0 aromatic heterocycles. The molecular formula is C67H116O11Si. The van der Waals surface area contributed by atoms with Crippen molar-refractivity contribution in [3.63, 3.8) is 0 Å². The number of ether oxygens (including phenoxy) is 7. The normalized spacial score (nSPS) is 17.7. The molecule has 1 N–H and O–H groups in total. The first-order chi connectivity index (χ1) is 38.2. The highest BCUT2D eigenvalue weighted by molar-refractivity contribution is 6.74. The van der Waals surface area contributed by atoms with E-state index in [9.17, 15) is 9.90 Å². The van der Waals surface area contributed by atoms with E-state index in [1.807, 2.05) is 0 Å². The molecule has 1 fully saturated rings. The molecule has 5 atom stereocenters. The van der Waals surface area contributed by atoms with Gasteiger partial charge < -0.3 is 42.7 Å². The average molecular weight is 1130 g/mol. The Morgan fingerprint density at radius 3 is 1.22 bits per heavy atom. The lowest BCUT2D eigenvalue weighted by atomic mass is 9.84. The van der Waals surface area contributed by atoms with Crippen LogP contribution >= 0.6 is 0 Å². The number of carbonyl (C=O) groups excluding carboxylic acids is 2. The summed E-state index contributed by atoms with van der Waals surface area (Å²) in [6.45, 7) is 21.8. The summed E-state index contributed by atoms with van der Waals surface area (Å²) in [6.07, 6.45) is 32.9. The molecule has 0 spiro atoms. The zero-order chi connectivity index (χ0) is 57.6. The van der Waals surface area contributed by atoms with Crippen LogP contribution in [0.15, 0.2) is 36.4 Å². The fraction of sp³-hybridized carbons (Fsp3) is 0.791. The quantitative estimate of drug-likeness (QED) is 0.0294. The smallest absolute Gasteiger partial charge is 0.338 e. The van der Waals surface area contributed by atoms with E-state index in [1.165, 1.54) is 148 Å². The van der Waals surface area contributed by atoms with Gasteiger partial charge in [-0.05, 0) is 80.2 Å². The number of aliphatic hydroxyl groups is 1. The highest BCUT2D eigenvalue weighted by atomic mass is 28.4. The van der Waals surface area contributed by atoms with Crippen LogP contribution in [-0.4, -0.2) is 89.9 Å². The number of methoxy groups -OCH3 is 1. The van der Waals surface area contributed by atoms with Crippen molar-refractivity contribution in [2.45, 2.75) is 297 Å². The summed E-state index contributed by atoms with van der Waals surface area (Å²) in [5.74, 6) is -0.268. The van der Waals surface area contributed by atoms with Gasteiger partial charge in [0, 0.05) is 12.7 Å². The van der Waals surface area contributed by atoms with Crippen LogP contribution in [0.25, 0.3) is 0 Å². The highest BCUT2D eigenvalue weighted by Crippen LogP contribution is 2.40. The minimum atomic E-state index is -2.33. The lowest BCUT2D eigenvalue weighted by Crippen LogP contribution is -2.60. The van der Waals surface area contributed by atoms with Crippen molar-refractivity contribution in [1.29, 1.82) is 0 Å². The maximum Gasteiger partial charge on any atom is 0.338 e. The first-order valence-corrected chi connectivity index (χ1v) is 35.2. The van der Waals surface area contributed by atoms with Crippen LogP contribution in [0.2, 0.25) is 18.1 Å². The number of hydrogen-bond acceptors (Lipinski definition) is 11. The molecule has 0 unspecified atom stereocenters. The summed E-state index contributed by atoms with van der Waals surface area (Å²) in [5, 5.41) is 12.2. The number of unbranched alkanes of at least 4 members (excludes halogenated alkanes) is 28. The first kappa shape index (κ1) is 70.1. The summed E-state index contributed by atoms with van der Waals surface area (Å²) >= 11 is 0. The number of ketones is 1. The van der Waals surface area contributed by atoms with Gasteiger partial charge in [0.05, 0.1) is 38.6 Å². The van der Waals surface area contributed by atoms with E-state index < -0.39 is 50.6 Å². The molecular weight excluding hydrogens is 1010 g/mol. The Hall–Kier alpha value is -3.16. The number of benzene rings is 2. The lowest BCUT2D eigenvalue weighted by molar-refractivity contribution is -0.265. The number of esters is 1. The third-order valence-corrected chi connectivity index (χ3v) is 20.8. The number of aliphatic hydroxyl groups excluding tert-OH is 1. The molecule has 1 aliphatic rings. The SMILES string of the molecule is CCCCCCCCCCOc1ccc(C(=O)O[C@H]2[C@H](O)[C@@H](CO[Si](C)(C)C(C)(C)C)O[C@H](OC)[C@@H]2C(=O)c2ccc(OCCCCCCCCCC)c(OCCCCCCCCCC)c2)cc1OCCCCCCCCCC. The van der Waals surface area contributed by atoms with Crippen LogP contribution in [0.3, 0.4) is 0 Å². The predicted octanol–water partition coefficient (Wildman–Crippen LogP) is 18.5. The predicted molar refractivity (Wildman–Crippen MR) is 327 cm³/mol. The average Bonchev–Trinajstić information content (AvgIpc) is 3.56. The van der Waals surface area contributed by atoms with E-state index in [-0.39, 0.29) is 17.2 Å². The van der Waals surface area contributed by atoms with Gasteiger partial charge in [-0.2, -0.15) is 0 Å². The van der Waals surface area contributed by atoms with Crippen molar-refractivity contribution in [2.75, 3.05) is 40.1 Å². The molecule has 11 nitrogen and oxygen atoms in total. The maximum atomic E-state index is 15.2. The number of hydrogen-bond donors (Lipinski definition) is 1. The molecule has 1 saturated heterocycles. The van der Waals surface area contributed by atoms with Crippen LogP contribution in [0.1, 0.15) is 275 Å². The first-order valence-electron chi connectivity index (χ1n) is 32.3. The number of rotatable bonds is 48. The fourth-order valence-corrected chi connectivity index (χ4v) is 11.0. The van der Waals surface area contributed by atoms with Crippen molar-refractivity contribution in [2.24, 2.45) is 5.92 Å². The van der Waals surface area contributed by atoms with Crippen LogP contribution in [0.4, 0.5) is 0 Å². The number of Topliss-reactive ketones (excluding diaryl/α,β-unsaturated/α-hetero) is 1. The maximum absolute atomic E-state index is 15.2. The zero-order valence-electron chi connectivity index (χ0n) is 52.0. The second-order valence-electron chi connectivity index (χ2n) is 24.2.